The van der Waals surface area contributed by atoms with Gasteiger partial charge in [-0.3, -0.25) is 4.98 Å². The van der Waals surface area contributed by atoms with Crippen molar-refractivity contribution in [2.75, 3.05) is 0 Å². The second-order valence-corrected chi connectivity index (χ2v) is 5.43. The molecule has 0 spiro atoms. The Morgan fingerprint density at radius 3 is 2.80 bits per heavy atom. The number of rotatable bonds is 2. The molecule has 20 heavy (non-hydrogen) atoms. The number of benzene rings is 2. The second kappa shape index (κ2) is 5.31. The van der Waals surface area contributed by atoms with Gasteiger partial charge in [0.15, 0.2) is 0 Å². The summed E-state index contributed by atoms with van der Waals surface area (Å²) in [7, 11) is 0. The molecule has 3 rings (SSSR count). The highest BCUT2D eigenvalue weighted by atomic mass is 79.9. The summed E-state index contributed by atoms with van der Waals surface area (Å²) in [6.45, 7) is 0. The van der Waals surface area contributed by atoms with Crippen molar-refractivity contribution in [1.82, 2.24) is 4.98 Å². The number of fused-ring (bicyclic) bond motifs is 1. The maximum Gasteiger partial charge on any atom is 0.142 e. The first-order valence-electron chi connectivity index (χ1n) is 6.21. The van der Waals surface area contributed by atoms with Gasteiger partial charge in [-0.25, -0.2) is 4.39 Å². The number of nitrogens with two attached hydrogens (primary N) is 1. The van der Waals surface area contributed by atoms with E-state index in [1.54, 1.807) is 24.4 Å². The van der Waals surface area contributed by atoms with Crippen molar-refractivity contribution < 1.29 is 4.39 Å². The summed E-state index contributed by atoms with van der Waals surface area (Å²) in [6, 6.07) is 14.2. The lowest BCUT2D eigenvalue weighted by Crippen LogP contribution is -2.13. The number of hydrogen-bond acceptors (Lipinski definition) is 2. The van der Waals surface area contributed by atoms with Crippen molar-refractivity contribution in [1.29, 1.82) is 0 Å². The van der Waals surface area contributed by atoms with Crippen LogP contribution in [0, 0.1) is 5.82 Å². The third kappa shape index (κ3) is 2.32. The zero-order valence-electron chi connectivity index (χ0n) is 10.6. The number of nitrogens with zero attached hydrogens (tertiary/aromatic N) is 1. The quantitative estimate of drug-likeness (QED) is 0.765. The Balaban J connectivity index is 2.08. The lowest BCUT2D eigenvalue weighted by Gasteiger charge is -2.14. The van der Waals surface area contributed by atoms with Crippen molar-refractivity contribution in [3.05, 3.63) is 76.1 Å². The van der Waals surface area contributed by atoms with E-state index < -0.39 is 6.04 Å². The molecule has 0 aliphatic carbocycles. The minimum Gasteiger partial charge on any atom is -0.320 e. The Labute approximate surface area is 124 Å². The largest absolute Gasteiger partial charge is 0.320 e. The summed E-state index contributed by atoms with van der Waals surface area (Å²) in [4.78, 5) is 4.26. The van der Waals surface area contributed by atoms with Crippen molar-refractivity contribution in [2.24, 2.45) is 5.73 Å². The lowest BCUT2D eigenvalue weighted by atomic mass is 9.98. The SMILES string of the molecule is NC(c1ccc2ncccc2c1)c1cccc(Br)c1F. The summed E-state index contributed by atoms with van der Waals surface area (Å²) in [5.41, 5.74) is 8.43. The Bertz CT molecular complexity index is 773. The summed E-state index contributed by atoms with van der Waals surface area (Å²) < 4.78 is 14.5. The van der Waals surface area contributed by atoms with Crippen molar-refractivity contribution in [3.63, 3.8) is 0 Å². The van der Waals surface area contributed by atoms with Crippen LogP contribution < -0.4 is 5.73 Å². The van der Waals surface area contributed by atoms with E-state index in [0.29, 0.717) is 10.0 Å². The number of pyridine rings is 1. The first kappa shape index (κ1) is 13.2. The third-order valence-electron chi connectivity index (χ3n) is 3.30. The average molecular weight is 331 g/mol. The molecule has 1 unspecified atom stereocenters. The molecule has 0 amide bonds. The molecule has 0 fully saturated rings. The molecule has 4 heteroatoms. The van der Waals surface area contributed by atoms with E-state index in [1.165, 1.54) is 0 Å². The van der Waals surface area contributed by atoms with Gasteiger partial charge in [-0.2, -0.15) is 0 Å². The molecule has 2 N–H and O–H groups in total. The highest BCUT2D eigenvalue weighted by Gasteiger charge is 2.15. The molecule has 1 atom stereocenters. The maximum absolute atomic E-state index is 14.1. The third-order valence-corrected chi connectivity index (χ3v) is 3.92. The van der Waals surface area contributed by atoms with Crippen LogP contribution in [0.15, 0.2) is 59.2 Å². The molecule has 100 valence electrons. The molecule has 0 aliphatic heterocycles. The van der Waals surface area contributed by atoms with Crippen molar-refractivity contribution in [2.45, 2.75) is 6.04 Å². The zero-order valence-corrected chi connectivity index (χ0v) is 12.1. The van der Waals surface area contributed by atoms with Crippen LogP contribution in [0.3, 0.4) is 0 Å². The molecular weight excluding hydrogens is 319 g/mol. The van der Waals surface area contributed by atoms with E-state index in [0.717, 1.165) is 16.5 Å². The van der Waals surface area contributed by atoms with E-state index in [9.17, 15) is 4.39 Å². The van der Waals surface area contributed by atoms with E-state index in [-0.39, 0.29) is 5.82 Å². The monoisotopic (exact) mass is 330 g/mol. The van der Waals surface area contributed by atoms with Gasteiger partial charge in [-0.15, -0.1) is 0 Å². The molecule has 0 saturated carbocycles. The first-order valence-corrected chi connectivity index (χ1v) is 7.00. The number of hydrogen-bond donors (Lipinski definition) is 1. The molecule has 3 aromatic rings. The molecule has 0 aliphatic rings. The van der Waals surface area contributed by atoms with Crippen molar-refractivity contribution in [3.8, 4) is 0 Å². The minimum absolute atomic E-state index is 0.314. The predicted octanol–water partition coefficient (Wildman–Crippen LogP) is 4.18. The minimum atomic E-state index is -0.503. The van der Waals surface area contributed by atoms with E-state index in [4.69, 9.17) is 5.73 Å². The van der Waals surface area contributed by atoms with Crippen LogP contribution in [0.25, 0.3) is 10.9 Å². The van der Waals surface area contributed by atoms with Crippen LogP contribution in [-0.2, 0) is 0 Å². The summed E-state index contributed by atoms with van der Waals surface area (Å²) in [6.07, 6.45) is 1.75. The Morgan fingerprint density at radius 1 is 1.10 bits per heavy atom. The Hall–Kier alpha value is -1.78. The van der Waals surface area contributed by atoms with Crippen molar-refractivity contribution >= 4 is 26.8 Å². The number of halogens is 2. The van der Waals surface area contributed by atoms with Crippen LogP contribution in [0.1, 0.15) is 17.2 Å². The Kier molecular flexibility index (Phi) is 3.51. The normalized spacial score (nSPS) is 12.6. The van der Waals surface area contributed by atoms with E-state index in [2.05, 4.69) is 20.9 Å². The fourth-order valence-electron chi connectivity index (χ4n) is 2.23. The molecule has 0 saturated heterocycles. The van der Waals surface area contributed by atoms with Crippen LogP contribution in [0.2, 0.25) is 0 Å². The maximum atomic E-state index is 14.1. The van der Waals surface area contributed by atoms with Crippen LogP contribution in [-0.4, -0.2) is 4.98 Å². The topological polar surface area (TPSA) is 38.9 Å². The van der Waals surface area contributed by atoms with Gasteiger partial charge in [-0.05, 0) is 45.8 Å². The van der Waals surface area contributed by atoms with Gasteiger partial charge in [0.1, 0.15) is 5.82 Å². The fraction of sp³-hybridized carbons (Fsp3) is 0.0625. The number of aromatic nitrogens is 1. The summed E-state index contributed by atoms with van der Waals surface area (Å²) in [5.74, 6) is -0.314. The smallest absolute Gasteiger partial charge is 0.142 e. The highest BCUT2D eigenvalue weighted by Crippen LogP contribution is 2.28. The van der Waals surface area contributed by atoms with Crippen LogP contribution in [0.5, 0.6) is 0 Å². The second-order valence-electron chi connectivity index (χ2n) is 4.58. The van der Waals surface area contributed by atoms with Gasteiger partial charge >= 0.3 is 0 Å². The molecule has 2 aromatic carbocycles. The molecule has 0 bridgehead atoms. The molecule has 2 nitrogen and oxygen atoms in total. The lowest BCUT2D eigenvalue weighted by molar-refractivity contribution is 0.593. The standard InChI is InChI=1S/C16H12BrFN2/c17-13-5-1-4-12(15(13)18)16(19)11-6-7-14-10(9-11)3-2-8-20-14/h1-9,16H,19H2. The molecule has 1 heterocycles. The van der Waals surface area contributed by atoms with E-state index in [1.807, 2.05) is 30.3 Å². The molecule has 1 aromatic heterocycles. The van der Waals surface area contributed by atoms with E-state index >= 15 is 0 Å². The van der Waals surface area contributed by atoms with Gasteiger partial charge < -0.3 is 5.73 Å². The van der Waals surface area contributed by atoms with Gasteiger partial charge in [-0.1, -0.05) is 24.3 Å². The average Bonchev–Trinajstić information content (AvgIpc) is 2.49. The highest BCUT2D eigenvalue weighted by molar-refractivity contribution is 9.10. The van der Waals surface area contributed by atoms with Gasteiger partial charge in [0.2, 0.25) is 0 Å². The Morgan fingerprint density at radius 2 is 1.95 bits per heavy atom. The van der Waals surface area contributed by atoms with Crippen LogP contribution >= 0.6 is 15.9 Å². The fourth-order valence-corrected chi connectivity index (χ4v) is 2.61. The van der Waals surface area contributed by atoms with Gasteiger partial charge in [0.25, 0.3) is 0 Å². The summed E-state index contributed by atoms with van der Waals surface area (Å²) >= 11 is 3.19. The van der Waals surface area contributed by atoms with Gasteiger partial charge in [0, 0.05) is 17.1 Å². The first-order chi connectivity index (χ1) is 9.66. The predicted molar refractivity (Wildman–Crippen MR) is 81.9 cm³/mol. The summed E-state index contributed by atoms with van der Waals surface area (Å²) in [5, 5.41) is 0.996. The zero-order chi connectivity index (χ0) is 14.1. The molecule has 0 radical (unpaired) electrons. The molecular formula is C16H12BrFN2. The van der Waals surface area contributed by atoms with Gasteiger partial charge in [0.05, 0.1) is 16.0 Å². The van der Waals surface area contributed by atoms with Crippen LogP contribution in [0.4, 0.5) is 4.39 Å².